The summed E-state index contributed by atoms with van der Waals surface area (Å²) in [4.78, 5) is 12.1. The van der Waals surface area contributed by atoms with E-state index < -0.39 is 8.24 Å². The molecular weight excluding hydrogens is 338 g/mol. The van der Waals surface area contributed by atoms with Gasteiger partial charge < -0.3 is 8.97 Å². The lowest BCUT2D eigenvalue weighted by atomic mass is 10.1. The molecule has 1 heterocycles. The molecule has 2 aromatic carbocycles. The zero-order chi connectivity index (χ0) is 19.1. The molecule has 0 saturated carbocycles. The zero-order valence-electron chi connectivity index (χ0n) is 16.5. The van der Waals surface area contributed by atoms with Crippen LogP contribution in [0.1, 0.15) is 31.1 Å². The fourth-order valence-electron chi connectivity index (χ4n) is 3.20. The number of rotatable bonds is 3. The van der Waals surface area contributed by atoms with Crippen molar-refractivity contribution in [1.29, 1.82) is 0 Å². The third kappa shape index (κ3) is 2.99. The average molecular weight is 366 g/mol. The highest BCUT2D eigenvalue weighted by Gasteiger charge is 2.39. The predicted octanol–water partition coefficient (Wildman–Crippen LogP) is 5.95. The maximum Gasteiger partial charge on any atom is 0.337 e. The number of ether oxygens (including phenoxy) is 1. The first kappa shape index (κ1) is 18.5. The molecule has 3 nitrogen and oxygen atoms in total. The highest BCUT2D eigenvalue weighted by Crippen LogP contribution is 2.42. The van der Waals surface area contributed by atoms with Crippen molar-refractivity contribution in [3.05, 3.63) is 60.2 Å². The molecule has 0 saturated heterocycles. The molecule has 3 aromatic rings. The van der Waals surface area contributed by atoms with Crippen LogP contribution in [0.5, 0.6) is 0 Å². The Bertz CT molecular complexity index is 949. The van der Waals surface area contributed by atoms with E-state index in [4.69, 9.17) is 4.74 Å². The Morgan fingerprint density at radius 2 is 1.65 bits per heavy atom. The molecule has 4 heteroatoms. The molecule has 0 fully saturated rings. The monoisotopic (exact) mass is 365 g/mol. The van der Waals surface area contributed by atoms with E-state index in [1.807, 2.05) is 24.3 Å². The van der Waals surface area contributed by atoms with Gasteiger partial charge in [-0.1, -0.05) is 70.3 Å². The molecule has 0 bridgehead atoms. The summed E-state index contributed by atoms with van der Waals surface area (Å²) in [5.41, 5.74) is 4.12. The van der Waals surface area contributed by atoms with Crippen molar-refractivity contribution in [2.24, 2.45) is 0 Å². The van der Waals surface area contributed by atoms with Crippen molar-refractivity contribution < 1.29 is 9.53 Å². The number of fused-ring (bicyclic) bond motifs is 1. The van der Waals surface area contributed by atoms with E-state index in [-0.39, 0.29) is 11.0 Å². The molecule has 136 valence electrons. The molecule has 0 atom stereocenters. The molecule has 0 aliphatic carbocycles. The molecule has 1 aromatic heterocycles. The maximum absolute atomic E-state index is 12.1. The number of benzene rings is 2. The summed E-state index contributed by atoms with van der Waals surface area (Å²) in [6, 6.07) is 18.6. The van der Waals surface area contributed by atoms with Gasteiger partial charge in [0.25, 0.3) is 0 Å². The standard InChI is InChI=1S/C22H27NO2Si/c1-22(2,3)26(5,6)23-19(16-10-8-7-9-11-16)14-17-12-13-18(15-20(17)23)21(24)25-4/h7-15H,1-6H3. The van der Waals surface area contributed by atoms with Gasteiger partial charge in [0, 0.05) is 11.2 Å². The number of carbonyl (C=O) groups excluding carboxylic acids is 1. The summed E-state index contributed by atoms with van der Waals surface area (Å²) in [5, 5.41) is 1.31. The zero-order valence-corrected chi connectivity index (χ0v) is 17.5. The molecule has 0 aliphatic heterocycles. The number of nitrogens with zero attached hydrogens (tertiary/aromatic N) is 1. The van der Waals surface area contributed by atoms with Gasteiger partial charge >= 0.3 is 5.97 Å². The van der Waals surface area contributed by atoms with Crippen LogP contribution >= 0.6 is 0 Å². The van der Waals surface area contributed by atoms with Gasteiger partial charge in [-0.05, 0) is 34.2 Å². The summed E-state index contributed by atoms with van der Waals surface area (Å²) in [7, 11) is -0.498. The number of carbonyl (C=O) groups is 1. The Morgan fingerprint density at radius 3 is 2.23 bits per heavy atom. The summed E-state index contributed by atoms with van der Waals surface area (Å²) < 4.78 is 7.44. The second-order valence-corrected chi connectivity index (χ2v) is 13.4. The number of methoxy groups -OCH3 is 1. The Labute approximate surface area is 156 Å². The molecule has 26 heavy (non-hydrogen) atoms. The minimum atomic E-state index is -1.92. The Kier molecular flexibility index (Phi) is 4.57. The van der Waals surface area contributed by atoms with Crippen LogP contribution in [0, 0.1) is 0 Å². The van der Waals surface area contributed by atoms with Gasteiger partial charge in [0.2, 0.25) is 0 Å². The third-order valence-electron chi connectivity index (χ3n) is 5.69. The van der Waals surface area contributed by atoms with Gasteiger partial charge in [-0.2, -0.15) is 0 Å². The first-order valence-electron chi connectivity index (χ1n) is 8.96. The predicted molar refractivity (Wildman–Crippen MR) is 111 cm³/mol. The van der Waals surface area contributed by atoms with Crippen molar-refractivity contribution in [1.82, 2.24) is 4.23 Å². The van der Waals surface area contributed by atoms with Crippen molar-refractivity contribution >= 4 is 25.1 Å². The van der Waals surface area contributed by atoms with E-state index in [9.17, 15) is 4.79 Å². The lowest BCUT2D eigenvalue weighted by Gasteiger charge is -2.40. The van der Waals surface area contributed by atoms with Crippen LogP contribution in [0.15, 0.2) is 54.6 Å². The number of esters is 1. The van der Waals surface area contributed by atoms with Gasteiger partial charge in [-0.15, -0.1) is 0 Å². The summed E-state index contributed by atoms with van der Waals surface area (Å²) in [6.07, 6.45) is 0. The van der Waals surface area contributed by atoms with Crippen LogP contribution < -0.4 is 0 Å². The first-order chi connectivity index (χ1) is 12.2. The van der Waals surface area contributed by atoms with Crippen molar-refractivity contribution in [2.75, 3.05) is 7.11 Å². The van der Waals surface area contributed by atoms with Crippen LogP contribution in [0.4, 0.5) is 0 Å². The lowest BCUT2D eigenvalue weighted by molar-refractivity contribution is 0.0601. The van der Waals surface area contributed by atoms with E-state index in [0.717, 1.165) is 10.9 Å². The fraction of sp³-hybridized carbons (Fsp3) is 0.318. The van der Waals surface area contributed by atoms with Crippen molar-refractivity contribution in [2.45, 2.75) is 38.9 Å². The van der Waals surface area contributed by atoms with E-state index in [1.165, 1.54) is 18.4 Å². The van der Waals surface area contributed by atoms with Gasteiger partial charge in [0.05, 0.1) is 12.7 Å². The Hall–Kier alpha value is -2.33. The van der Waals surface area contributed by atoms with E-state index in [0.29, 0.717) is 5.56 Å². The topological polar surface area (TPSA) is 31.2 Å². The van der Waals surface area contributed by atoms with Crippen molar-refractivity contribution in [3.63, 3.8) is 0 Å². The smallest absolute Gasteiger partial charge is 0.337 e. The van der Waals surface area contributed by atoms with Gasteiger partial charge in [-0.3, -0.25) is 0 Å². The van der Waals surface area contributed by atoms with Crippen LogP contribution in [0.25, 0.3) is 22.2 Å². The van der Waals surface area contributed by atoms with Crippen LogP contribution in [0.2, 0.25) is 18.1 Å². The molecular formula is C22H27NO2Si. The minimum absolute atomic E-state index is 0.156. The number of aromatic nitrogens is 1. The van der Waals surface area contributed by atoms with E-state index >= 15 is 0 Å². The molecule has 0 N–H and O–H groups in total. The summed E-state index contributed by atoms with van der Waals surface area (Å²) in [6.45, 7) is 11.7. The van der Waals surface area contributed by atoms with Crippen molar-refractivity contribution in [3.8, 4) is 11.3 Å². The molecule has 0 unspecified atom stereocenters. The second kappa shape index (κ2) is 6.43. The number of hydrogen-bond acceptors (Lipinski definition) is 2. The average Bonchev–Trinajstić information content (AvgIpc) is 3.00. The molecule has 3 rings (SSSR count). The molecule has 0 spiro atoms. The van der Waals surface area contributed by atoms with Crippen LogP contribution in [-0.2, 0) is 4.74 Å². The van der Waals surface area contributed by atoms with E-state index in [1.54, 1.807) is 0 Å². The lowest BCUT2D eigenvalue weighted by Crippen LogP contribution is -2.45. The molecule has 0 aliphatic rings. The normalized spacial score (nSPS) is 12.4. The highest BCUT2D eigenvalue weighted by atomic mass is 28.3. The quantitative estimate of drug-likeness (QED) is 0.424. The summed E-state index contributed by atoms with van der Waals surface area (Å²) >= 11 is 0. The Balaban J connectivity index is 2.37. The SMILES string of the molecule is COC(=O)c1ccc2cc(-c3ccccc3)n([Si](C)(C)C(C)(C)C)c2c1. The largest absolute Gasteiger partial charge is 0.465 e. The summed E-state index contributed by atoms with van der Waals surface area (Å²) in [5.74, 6) is -0.295. The number of hydrogen-bond donors (Lipinski definition) is 0. The van der Waals surface area contributed by atoms with Gasteiger partial charge in [-0.25, -0.2) is 4.79 Å². The van der Waals surface area contributed by atoms with E-state index in [2.05, 4.69) is 68.4 Å². The highest BCUT2D eigenvalue weighted by molar-refractivity contribution is 6.79. The first-order valence-corrected chi connectivity index (χ1v) is 11.9. The maximum atomic E-state index is 12.1. The van der Waals surface area contributed by atoms with Gasteiger partial charge in [0.15, 0.2) is 8.24 Å². The second-order valence-electron chi connectivity index (χ2n) is 8.31. The van der Waals surface area contributed by atoms with Gasteiger partial charge in [0.1, 0.15) is 0 Å². The third-order valence-corrected chi connectivity index (χ3v) is 11.0. The minimum Gasteiger partial charge on any atom is -0.465 e. The molecule has 0 radical (unpaired) electrons. The molecule has 0 amide bonds. The van der Waals surface area contributed by atoms with Crippen LogP contribution in [-0.4, -0.2) is 25.5 Å². The Morgan fingerprint density at radius 1 is 1.00 bits per heavy atom. The fourth-order valence-corrected chi connectivity index (χ4v) is 5.47. The van der Waals surface area contributed by atoms with Crippen LogP contribution in [0.3, 0.4) is 0 Å².